The monoisotopic (exact) mass is 607 g/mol. The molecule has 3 nitrogen and oxygen atoms in total. The summed E-state index contributed by atoms with van der Waals surface area (Å²) < 4.78 is 32.3. The standard InChI is InChI=1S/C39H31NO2P2/c41-43(34-21-8-2-9-22-34,35-23-10-3-11-24-35)39(44(42,36-25-12-4-13-26-36)37-27-14-5-15-28-37)40-38-29-17-16-20-33(38)31-30-32-18-6-1-7-19-32/h1-29,39-40H. The second kappa shape index (κ2) is 13.2. The van der Waals surface area contributed by atoms with Crippen LogP contribution in [0.15, 0.2) is 176 Å². The summed E-state index contributed by atoms with van der Waals surface area (Å²) in [5.41, 5.74) is 1.25. The van der Waals surface area contributed by atoms with Crippen molar-refractivity contribution >= 4 is 41.2 Å². The molecule has 0 aromatic heterocycles. The maximum absolute atomic E-state index is 16.1. The van der Waals surface area contributed by atoms with E-state index in [-0.39, 0.29) is 0 Å². The van der Waals surface area contributed by atoms with Gasteiger partial charge < -0.3 is 14.4 Å². The third-order valence-electron chi connectivity index (χ3n) is 7.57. The first kappa shape index (κ1) is 29.2. The third kappa shape index (κ3) is 5.84. The fourth-order valence-corrected chi connectivity index (χ4v) is 13.6. The van der Waals surface area contributed by atoms with E-state index in [0.29, 0.717) is 26.9 Å². The van der Waals surface area contributed by atoms with Gasteiger partial charge in [-0.25, -0.2) is 0 Å². The molecule has 0 aliphatic rings. The van der Waals surface area contributed by atoms with Crippen molar-refractivity contribution in [2.45, 2.75) is 5.52 Å². The maximum atomic E-state index is 16.1. The molecule has 0 atom stereocenters. The van der Waals surface area contributed by atoms with Gasteiger partial charge in [-0.3, -0.25) is 0 Å². The zero-order chi connectivity index (χ0) is 30.2. The van der Waals surface area contributed by atoms with Gasteiger partial charge in [0.2, 0.25) is 0 Å². The summed E-state index contributed by atoms with van der Waals surface area (Å²) in [6.45, 7) is 0. The highest BCUT2D eigenvalue weighted by atomic mass is 31.2. The van der Waals surface area contributed by atoms with E-state index in [0.717, 1.165) is 11.1 Å². The minimum absolute atomic E-state index is 0.628. The zero-order valence-electron chi connectivity index (χ0n) is 24.0. The summed E-state index contributed by atoms with van der Waals surface area (Å²) in [5, 5.41) is 6.14. The van der Waals surface area contributed by atoms with E-state index in [1.807, 2.05) is 176 Å². The summed E-state index contributed by atoms with van der Waals surface area (Å²) in [6, 6.07) is 55.2. The Morgan fingerprint density at radius 2 is 0.750 bits per heavy atom. The molecule has 0 aliphatic heterocycles. The number of hydrogen-bond acceptors (Lipinski definition) is 3. The summed E-state index contributed by atoms with van der Waals surface area (Å²) in [7, 11) is -7.34. The summed E-state index contributed by atoms with van der Waals surface area (Å²) >= 11 is 0. The van der Waals surface area contributed by atoms with Crippen LogP contribution in [-0.2, 0) is 9.13 Å². The van der Waals surface area contributed by atoms with E-state index in [1.165, 1.54) is 0 Å². The molecule has 214 valence electrons. The van der Waals surface area contributed by atoms with E-state index in [4.69, 9.17) is 0 Å². The molecule has 0 spiro atoms. The molecule has 0 saturated carbocycles. The topological polar surface area (TPSA) is 46.2 Å². The van der Waals surface area contributed by atoms with Gasteiger partial charge in [0.05, 0.1) is 5.69 Å². The van der Waals surface area contributed by atoms with Crippen molar-refractivity contribution in [2.24, 2.45) is 0 Å². The smallest absolute Gasteiger partial charge is 0.172 e. The Kier molecular flexibility index (Phi) is 8.76. The largest absolute Gasteiger partial charge is 0.367 e. The zero-order valence-corrected chi connectivity index (χ0v) is 25.8. The van der Waals surface area contributed by atoms with Gasteiger partial charge in [0.15, 0.2) is 14.3 Å². The summed E-state index contributed by atoms with van der Waals surface area (Å²) in [4.78, 5) is 0. The average Bonchev–Trinajstić information content (AvgIpc) is 3.11. The Balaban J connectivity index is 1.64. The predicted molar refractivity (Wildman–Crippen MR) is 186 cm³/mol. The Bertz CT molecular complexity index is 1800. The second-order valence-electron chi connectivity index (χ2n) is 10.3. The molecule has 0 heterocycles. The molecule has 6 rings (SSSR count). The van der Waals surface area contributed by atoms with Gasteiger partial charge in [-0.1, -0.05) is 164 Å². The van der Waals surface area contributed by atoms with E-state index < -0.39 is 19.8 Å². The quantitative estimate of drug-likeness (QED) is 0.142. The van der Waals surface area contributed by atoms with Crippen LogP contribution in [0.2, 0.25) is 0 Å². The molecule has 0 unspecified atom stereocenters. The van der Waals surface area contributed by atoms with E-state index in [2.05, 4.69) is 17.2 Å². The van der Waals surface area contributed by atoms with Gasteiger partial charge in [-0.05, 0) is 24.3 Å². The Labute approximate surface area is 259 Å². The average molecular weight is 608 g/mol. The lowest BCUT2D eigenvalue weighted by Gasteiger charge is -2.36. The molecule has 0 saturated heterocycles. The van der Waals surface area contributed by atoms with Gasteiger partial charge in [0, 0.05) is 32.3 Å². The Morgan fingerprint density at radius 3 is 1.16 bits per heavy atom. The van der Waals surface area contributed by atoms with Crippen molar-refractivity contribution in [1.82, 2.24) is 0 Å². The highest BCUT2D eigenvalue weighted by Crippen LogP contribution is 2.65. The first-order valence-electron chi connectivity index (χ1n) is 14.4. The number of rotatable bonds is 8. The third-order valence-corrected chi connectivity index (χ3v) is 15.4. The normalized spacial score (nSPS) is 11.4. The molecular weight excluding hydrogens is 576 g/mol. The number of nitrogens with one attached hydrogen (secondary N) is 1. The van der Waals surface area contributed by atoms with Crippen LogP contribution >= 0.6 is 14.3 Å². The van der Waals surface area contributed by atoms with Crippen LogP contribution in [-0.4, -0.2) is 5.52 Å². The molecule has 0 fully saturated rings. The van der Waals surface area contributed by atoms with Crippen LogP contribution in [0.5, 0.6) is 0 Å². The molecular formula is C39H31NO2P2. The lowest BCUT2D eigenvalue weighted by molar-refractivity contribution is 0.576. The molecule has 0 amide bonds. The van der Waals surface area contributed by atoms with Crippen LogP contribution < -0.4 is 26.5 Å². The van der Waals surface area contributed by atoms with E-state index >= 15 is 9.13 Å². The SMILES string of the molecule is O=P(c1ccccc1)(c1ccccc1)C(Nc1ccccc1C#Cc1ccccc1)P(=O)(c1ccccc1)c1ccccc1. The Morgan fingerprint density at radius 1 is 0.409 bits per heavy atom. The van der Waals surface area contributed by atoms with Crippen molar-refractivity contribution in [3.05, 3.63) is 187 Å². The first-order chi connectivity index (χ1) is 21.6. The van der Waals surface area contributed by atoms with Crippen molar-refractivity contribution in [1.29, 1.82) is 0 Å². The van der Waals surface area contributed by atoms with Gasteiger partial charge in [0.25, 0.3) is 0 Å². The van der Waals surface area contributed by atoms with Crippen LogP contribution in [0, 0.1) is 11.8 Å². The molecule has 5 heteroatoms. The van der Waals surface area contributed by atoms with E-state index in [9.17, 15) is 0 Å². The Hall–Kier alpha value is -4.86. The van der Waals surface area contributed by atoms with Crippen molar-refractivity contribution in [3.63, 3.8) is 0 Å². The van der Waals surface area contributed by atoms with Crippen LogP contribution in [0.3, 0.4) is 0 Å². The fourth-order valence-electron chi connectivity index (χ4n) is 5.39. The number of anilines is 1. The van der Waals surface area contributed by atoms with Crippen molar-refractivity contribution in [2.75, 3.05) is 5.32 Å². The van der Waals surface area contributed by atoms with E-state index in [1.54, 1.807) is 0 Å². The second-order valence-corrected chi connectivity index (χ2v) is 16.5. The molecule has 6 aromatic carbocycles. The molecule has 0 aliphatic carbocycles. The molecule has 6 aromatic rings. The summed E-state index contributed by atoms with van der Waals surface area (Å²) in [5.74, 6) is 6.56. The summed E-state index contributed by atoms with van der Waals surface area (Å²) in [6.07, 6.45) is 0. The van der Waals surface area contributed by atoms with Crippen molar-refractivity contribution in [3.8, 4) is 11.8 Å². The molecule has 44 heavy (non-hydrogen) atoms. The molecule has 1 N–H and O–H groups in total. The first-order valence-corrected chi connectivity index (χ1v) is 18.0. The van der Waals surface area contributed by atoms with Gasteiger partial charge >= 0.3 is 0 Å². The fraction of sp³-hybridized carbons (Fsp3) is 0.0256. The number of hydrogen-bond donors (Lipinski definition) is 1. The predicted octanol–water partition coefficient (Wildman–Crippen LogP) is 7.81. The van der Waals surface area contributed by atoms with Crippen LogP contribution in [0.4, 0.5) is 5.69 Å². The number of para-hydroxylation sites is 1. The van der Waals surface area contributed by atoms with Gasteiger partial charge in [0.1, 0.15) is 5.52 Å². The van der Waals surface area contributed by atoms with Crippen molar-refractivity contribution < 1.29 is 9.13 Å². The number of benzene rings is 6. The maximum Gasteiger partial charge on any atom is 0.172 e. The minimum Gasteiger partial charge on any atom is -0.367 e. The van der Waals surface area contributed by atoms with Gasteiger partial charge in [-0.15, -0.1) is 0 Å². The molecule has 0 bridgehead atoms. The minimum atomic E-state index is -3.67. The van der Waals surface area contributed by atoms with Crippen LogP contribution in [0.1, 0.15) is 11.1 Å². The highest BCUT2D eigenvalue weighted by Gasteiger charge is 2.50. The lowest BCUT2D eigenvalue weighted by Crippen LogP contribution is -2.37. The van der Waals surface area contributed by atoms with Gasteiger partial charge in [-0.2, -0.15) is 0 Å². The highest BCUT2D eigenvalue weighted by molar-refractivity contribution is 7.95. The molecule has 0 radical (unpaired) electrons. The van der Waals surface area contributed by atoms with Crippen LogP contribution in [0.25, 0.3) is 0 Å². The lowest BCUT2D eigenvalue weighted by atomic mass is 10.1.